The number of hydrogen-bond acceptors (Lipinski definition) is 0. The highest BCUT2D eigenvalue weighted by atomic mass is 14.5. The molecule has 0 bridgehead atoms. The minimum absolute atomic E-state index is 0.119. The largest absolute Gasteiger partial charge is 0.0622 e. The molecule has 0 amide bonds. The number of hydrogen-bond donors (Lipinski definition) is 0. The first-order chi connectivity index (χ1) is 24.3. The molecule has 0 atom stereocenters. The van der Waals surface area contributed by atoms with Crippen molar-refractivity contribution in [2.24, 2.45) is 0 Å². The smallest absolute Gasteiger partial charge is 0.0340 e. The fourth-order valence-electron chi connectivity index (χ4n) is 9.09. The molecule has 0 unspecified atom stereocenters. The summed E-state index contributed by atoms with van der Waals surface area (Å²) in [6, 6.07) is 63.5. The molecule has 0 aromatic heterocycles. The lowest BCUT2D eigenvalue weighted by Crippen LogP contribution is -2.17. The molecule has 0 spiro atoms. The molecule has 242 valence electrons. The molecule has 0 saturated carbocycles. The average molecular weight is 643 g/mol. The fraction of sp³-hybridized carbons (Fsp3) is 0.160. The topological polar surface area (TPSA) is 0 Å². The first kappa shape index (κ1) is 30.6. The third kappa shape index (κ3) is 4.73. The quantitative estimate of drug-likeness (QED) is 0.158. The summed E-state index contributed by atoms with van der Waals surface area (Å²) in [7, 11) is 0. The van der Waals surface area contributed by atoms with E-state index in [0.717, 1.165) is 0 Å². The standard InChI is InChI=1S/C50H42/c1-49(2)43-29-37(47(33-17-9-5-10-18-33)34-19-11-6-12-20-34)25-27-39(43)41-32-46-42(31-45(41)49)40-28-26-38(30-44(40)50(46,3)4)48(35-21-13-7-14-22-35)36-23-15-8-16-24-36/h5-32,47-48H,1-4H3. The highest BCUT2D eigenvalue weighted by Gasteiger charge is 2.42. The summed E-state index contributed by atoms with van der Waals surface area (Å²) in [5, 5.41) is 0. The van der Waals surface area contributed by atoms with Crippen LogP contribution in [0.1, 0.15) is 95.2 Å². The van der Waals surface area contributed by atoms with Crippen LogP contribution in [-0.2, 0) is 10.8 Å². The molecule has 0 heteroatoms. The lowest BCUT2D eigenvalue weighted by atomic mass is 9.77. The Bertz CT molecular complexity index is 2100. The summed E-state index contributed by atoms with van der Waals surface area (Å²) in [6.07, 6.45) is 0. The Morgan fingerprint density at radius 2 is 0.560 bits per heavy atom. The highest BCUT2D eigenvalue weighted by molar-refractivity contribution is 5.90. The van der Waals surface area contributed by atoms with Crippen LogP contribution in [0.15, 0.2) is 170 Å². The van der Waals surface area contributed by atoms with Crippen LogP contribution in [0.25, 0.3) is 22.3 Å². The van der Waals surface area contributed by atoms with Crippen molar-refractivity contribution in [2.75, 3.05) is 0 Å². The number of rotatable bonds is 6. The van der Waals surface area contributed by atoms with Gasteiger partial charge in [0.2, 0.25) is 0 Å². The summed E-state index contributed by atoms with van der Waals surface area (Å²) in [5.74, 6) is 0.366. The van der Waals surface area contributed by atoms with Crippen molar-refractivity contribution >= 4 is 0 Å². The van der Waals surface area contributed by atoms with Gasteiger partial charge in [-0.3, -0.25) is 0 Å². The lowest BCUT2D eigenvalue weighted by Gasteiger charge is -2.25. The summed E-state index contributed by atoms with van der Waals surface area (Å²) >= 11 is 0. The summed E-state index contributed by atoms with van der Waals surface area (Å²) in [5.41, 5.74) is 19.0. The van der Waals surface area contributed by atoms with Crippen LogP contribution in [0.5, 0.6) is 0 Å². The molecular weight excluding hydrogens is 601 g/mol. The average Bonchev–Trinajstić information content (AvgIpc) is 3.51. The highest BCUT2D eigenvalue weighted by Crippen LogP contribution is 2.57. The van der Waals surface area contributed by atoms with E-state index >= 15 is 0 Å². The van der Waals surface area contributed by atoms with Gasteiger partial charge in [-0.25, -0.2) is 0 Å². The van der Waals surface area contributed by atoms with Gasteiger partial charge >= 0.3 is 0 Å². The third-order valence-corrected chi connectivity index (χ3v) is 11.7. The first-order valence-corrected chi connectivity index (χ1v) is 18.0. The maximum atomic E-state index is 2.54. The van der Waals surface area contributed by atoms with Crippen LogP contribution in [-0.4, -0.2) is 0 Å². The van der Waals surface area contributed by atoms with E-state index in [9.17, 15) is 0 Å². The zero-order valence-corrected chi connectivity index (χ0v) is 29.3. The Kier molecular flexibility index (Phi) is 7.08. The zero-order valence-electron chi connectivity index (χ0n) is 29.3. The van der Waals surface area contributed by atoms with Gasteiger partial charge in [-0.05, 0) is 90.0 Å². The van der Waals surface area contributed by atoms with Gasteiger partial charge in [-0.15, -0.1) is 0 Å². The maximum Gasteiger partial charge on any atom is 0.0340 e. The second-order valence-corrected chi connectivity index (χ2v) is 15.3. The van der Waals surface area contributed by atoms with Crippen molar-refractivity contribution < 1.29 is 0 Å². The van der Waals surface area contributed by atoms with Crippen molar-refractivity contribution in [1.82, 2.24) is 0 Å². The maximum absolute atomic E-state index is 2.54. The van der Waals surface area contributed by atoms with E-state index in [-0.39, 0.29) is 22.7 Å². The summed E-state index contributed by atoms with van der Waals surface area (Å²) in [4.78, 5) is 0. The molecule has 9 rings (SSSR count). The minimum Gasteiger partial charge on any atom is -0.0622 e. The van der Waals surface area contributed by atoms with Gasteiger partial charge in [0.1, 0.15) is 0 Å². The molecule has 0 fully saturated rings. The molecule has 0 radical (unpaired) electrons. The van der Waals surface area contributed by atoms with Crippen LogP contribution in [0.3, 0.4) is 0 Å². The van der Waals surface area contributed by atoms with Crippen LogP contribution in [0, 0.1) is 0 Å². The summed E-state index contributed by atoms with van der Waals surface area (Å²) < 4.78 is 0. The second-order valence-electron chi connectivity index (χ2n) is 15.3. The Morgan fingerprint density at radius 3 is 0.860 bits per heavy atom. The molecular formula is C50H42. The van der Waals surface area contributed by atoms with Crippen molar-refractivity contribution in [3.63, 3.8) is 0 Å². The van der Waals surface area contributed by atoms with E-state index in [1.54, 1.807) is 0 Å². The monoisotopic (exact) mass is 642 g/mol. The van der Waals surface area contributed by atoms with E-state index in [1.165, 1.54) is 77.9 Å². The Balaban J connectivity index is 1.15. The van der Waals surface area contributed by atoms with E-state index in [0.29, 0.717) is 0 Å². The van der Waals surface area contributed by atoms with Crippen LogP contribution >= 0.6 is 0 Å². The van der Waals surface area contributed by atoms with Crippen molar-refractivity contribution in [3.8, 4) is 22.3 Å². The Morgan fingerprint density at radius 1 is 0.280 bits per heavy atom. The van der Waals surface area contributed by atoms with Crippen molar-refractivity contribution in [1.29, 1.82) is 0 Å². The molecule has 0 N–H and O–H groups in total. The number of fused-ring (bicyclic) bond motifs is 6. The molecule has 2 aliphatic rings. The van der Waals surface area contributed by atoms with Crippen molar-refractivity contribution in [2.45, 2.75) is 50.4 Å². The Labute approximate surface area is 297 Å². The third-order valence-electron chi connectivity index (χ3n) is 11.7. The first-order valence-electron chi connectivity index (χ1n) is 18.0. The molecule has 0 saturated heterocycles. The summed E-state index contributed by atoms with van der Waals surface area (Å²) in [6.45, 7) is 9.68. The van der Waals surface area contributed by atoms with Crippen LogP contribution in [0.4, 0.5) is 0 Å². The lowest BCUT2D eigenvalue weighted by molar-refractivity contribution is 0.650. The van der Waals surface area contributed by atoms with E-state index in [4.69, 9.17) is 0 Å². The van der Waals surface area contributed by atoms with E-state index in [1.807, 2.05) is 0 Å². The minimum atomic E-state index is -0.119. The van der Waals surface area contributed by atoms with Crippen molar-refractivity contribution in [3.05, 3.63) is 225 Å². The van der Waals surface area contributed by atoms with Gasteiger partial charge in [-0.1, -0.05) is 185 Å². The second kappa shape index (κ2) is 11.6. The van der Waals surface area contributed by atoms with Gasteiger partial charge in [-0.2, -0.15) is 0 Å². The molecule has 0 nitrogen and oxygen atoms in total. The fourth-order valence-corrected chi connectivity index (χ4v) is 9.09. The zero-order chi connectivity index (χ0) is 34.0. The Hall–Kier alpha value is -5.46. The molecule has 7 aromatic rings. The molecule has 7 aromatic carbocycles. The molecule has 0 aliphatic heterocycles. The molecule has 0 heterocycles. The van der Waals surface area contributed by atoms with E-state index in [2.05, 4.69) is 198 Å². The van der Waals surface area contributed by atoms with Gasteiger partial charge in [0, 0.05) is 22.7 Å². The normalized spacial score (nSPS) is 14.7. The number of benzene rings is 7. The molecule has 2 aliphatic carbocycles. The van der Waals surface area contributed by atoms with Crippen LogP contribution in [0.2, 0.25) is 0 Å². The van der Waals surface area contributed by atoms with Gasteiger partial charge in [0.05, 0.1) is 0 Å². The molecule has 50 heavy (non-hydrogen) atoms. The van der Waals surface area contributed by atoms with E-state index < -0.39 is 0 Å². The van der Waals surface area contributed by atoms with Gasteiger partial charge in [0.25, 0.3) is 0 Å². The predicted molar refractivity (Wildman–Crippen MR) is 209 cm³/mol. The SMILES string of the molecule is CC1(C)c2cc(C(c3ccccc3)c3ccccc3)ccc2-c2cc3c(cc21)-c1ccc(C(c2ccccc2)c2ccccc2)cc1C3(C)C. The predicted octanol–water partition coefficient (Wildman–Crippen LogP) is 12.7. The van der Waals surface area contributed by atoms with Gasteiger partial charge < -0.3 is 0 Å². The van der Waals surface area contributed by atoms with Gasteiger partial charge in [0.15, 0.2) is 0 Å². The van der Waals surface area contributed by atoms with Crippen LogP contribution < -0.4 is 0 Å².